The lowest BCUT2D eigenvalue weighted by Gasteiger charge is -2.26. The van der Waals surface area contributed by atoms with Crippen LogP contribution in [0.2, 0.25) is 0 Å². The highest BCUT2D eigenvalue weighted by molar-refractivity contribution is 6.06. The normalized spacial score (nSPS) is 15.3. The molecule has 7 heteroatoms. The van der Waals surface area contributed by atoms with Crippen molar-refractivity contribution in [2.45, 2.75) is 6.42 Å². The highest BCUT2D eigenvalue weighted by Gasteiger charge is 2.24. The van der Waals surface area contributed by atoms with E-state index in [4.69, 9.17) is 0 Å². The maximum absolute atomic E-state index is 11.8. The number of hydrogen-bond donors (Lipinski definition) is 1. The second kappa shape index (κ2) is 4.69. The molecule has 1 fully saturated rings. The number of rotatable bonds is 2. The molecular weight excluding hydrogens is 260 g/mol. The predicted octanol–water partition coefficient (Wildman–Crippen LogP) is 0.889. The molecule has 0 spiro atoms. The standard InChI is InChI=1S/C13H10N4O3/c18-6-11-9-2-1-8(5-10(9)14-7-15-11)17-4-3-12(19)16-13(17)20/h1-2,5-7H,3-4H2,(H,16,19,20). The summed E-state index contributed by atoms with van der Waals surface area (Å²) in [5.74, 6) is -0.280. The number of amides is 3. The van der Waals surface area contributed by atoms with Crippen LogP contribution in [0.4, 0.5) is 10.5 Å². The molecule has 1 N–H and O–H groups in total. The fraction of sp³-hybridized carbons (Fsp3) is 0.154. The SMILES string of the molecule is O=Cc1ncnc2cc(N3CCC(=O)NC3=O)ccc12. The smallest absolute Gasteiger partial charge is 0.296 e. The lowest BCUT2D eigenvalue weighted by molar-refractivity contribution is -0.120. The Morgan fingerprint density at radius 1 is 1.25 bits per heavy atom. The summed E-state index contributed by atoms with van der Waals surface area (Å²) < 4.78 is 0. The maximum atomic E-state index is 11.8. The van der Waals surface area contributed by atoms with Crippen LogP contribution in [0.15, 0.2) is 24.5 Å². The Bertz CT molecular complexity index is 729. The van der Waals surface area contributed by atoms with Crippen LogP contribution in [-0.2, 0) is 4.79 Å². The molecule has 1 aromatic heterocycles. The van der Waals surface area contributed by atoms with E-state index >= 15 is 0 Å². The van der Waals surface area contributed by atoms with Gasteiger partial charge in [0.1, 0.15) is 12.0 Å². The molecule has 2 heterocycles. The number of nitrogens with zero attached hydrogens (tertiary/aromatic N) is 3. The van der Waals surface area contributed by atoms with Crippen molar-refractivity contribution in [1.29, 1.82) is 0 Å². The minimum atomic E-state index is -0.453. The fourth-order valence-electron chi connectivity index (χ4n) is 2.14. The van der Waals surface area contributed by atoms with Crippen LogP contribution in [0.5, 0.6) is 0 Å². The van der Waals surface area contributed by atoms with Gasteiger partial charge in [0.15, 0.2) is 6.29 Å². The van der Waals surface area contributed by atoms with Crippen LogP contribution in [0.25, 0.3) is 10.9 Å². The van der Waals surface area contributed by atoms with Gasteiger partial charge in [0.05, 0.1) is 5.52 Å². The van der Waals surface area contributed by atoms with Gasteiger partial charge in [-0.05, 0) is 18.2 Å². The molecular formula is C13H10N4O3. The first-order valence-electron chi connectivity index (χ1n) is 6.00. The zero-order valence-corrected chi connectivity index (χ0v) is 10.4. The zero-order valence-electron chi connectivity index (χ0n) is 10.4. The molecule has 0 saturated carbocycles. The van der Waals surface area contributed by atoms with Gasteiger partial charge in [-0.15, -0.1) is 0 Å². The minimum absolute atomic E-state index is 0.257. The molecule has 100 valence electrons. The van der Waals surface area contributed by atoms with Crippen molar-refractivity contribution in [3.8, 4) is 0 Å². The van der Waals surface area contributed by atoms with Crippen molar-refractivity contribution < 1.29 is 14.4 Å². The molecule has 3 amide bonds. The van der Waals surface area contributed by atoms with Gasteiger partial charge in [-0.3, -0.25) is 19.8 Å². The Hall–Kier alpha value is -2.83. The molecule has 20 heavy (non-hydrogen) atoms. The molecule has 0 atom stereocenters. The van der Waals surface area contributed by atoms with E-state index < -0.39 is 6.03 Å². The molecule has 1 saturated heterocycles. The van der Waals surface area contributed by atoms with Gasteiger partial charge >= 0.3 is 6.03 Å². The monoisotopic (exact) mass is 270 g/mol. The summed E-state index contributed by atoms with van der Waals surface area (Å²) >= 11 is 0. The molecule has 0 bridgehead atoms. The van der Waals surface area contributed by atoms with Gasteiger partial charge in [0.2, 0.25) is 5.91 Å². The molecule has 0 aliphatic carbocycles. The molecule has 1 aromatic carbocycles. The van der Waals surface area contributed by atoms with Crippen LogP contribution in [0.3, 0.4) is 0 Å². The van der Waals surface area contributed by atoms with Crippen molar-refractivity contribution in [2.75, 3.05) is 11.4 Å². The summed E-state index contributed by atoms with van der Waals surface area (Å²) in [6, 6.07) is 4.64. The van der Waals surface area contributed by atoms with Crippen LogP contribution in [0, 0.1) is 0 Å². The van der Waals surface area contributed by atoms with Gasteiger partial charge in [-0.1, -0.05) is 0 Å². The summed E-state index contributed by atoms with van der Waals surface area (Å²) in [7, 11) is 0. The predicted molar refractivity (Wildman–Crippen MR) is 70.4 cm³/mol. The molecule has 0 radical (unpaired) electrons. The number of carbonyl (C=O) groups excluding carboxylic acids is 3. The van der Waals surface area contributed by atoms with Gasteiger partial charge < -0.3 is 0 Å². The van der Waals surface area contributed by atoms with Gasteiger partial charge in [-0.2, -0.15) is 0 Å². The summed E-state index contributed by atoms with van der Waals surface area (Å²) in [6.45, 7) is 0.321. The Morgan fingerprint density at radius 3 is 2.85 bits per heavy atom. The number of urea groups is 1. The van der Waals surface area contributed by atoms with E-state index in [1.54, 1.807) is 18.2 Å². The molecule has 0 unspecified atom stereocenters. The van der Waals surface area contributed by atoms with E-state index in [9.17, 15) is 14.4 Å². The molecule has 1 aliphatic rings. The number of fused-ring (bicyclic) bond motifs is 1. The summed E-state index contributed by atoms with van der Waals surface area (Å²) in [5.41, 5.74) is 1.50. The Balaban J connectivity index is 2.03. The summed E-state index contributed by atoms with van der Waals surface area (Å²) in [4.78, 5) is 43.2. The topological polar surface area (TPSA) is 92.3 Å². The van der Waals surface area contributed by atoms with Gasteiger partial charge in [0.25, 0.3) is 0 Å². The third kappa shape index (κ3) is 1.99. The quantitative estimate of drug-likeness (QED) is 0.818. The van der Waals surface area contributed by atoms with Crippen LogP contribution >= 0.6 is 0 Å². The summed E-state index contributed by atoms with van der Waals surface area (Å²) in [6.07, 6.45) is 2.22. The molecule has 3 rings (SSSR count). The van der Waals surface area contributed by atoms with Crippen molar-refractivity contribution in [3.05, 3.63) is 30.2 Å². The number of carbonyl (C=O) groups is 3. The van der Waals surface area contributed by atoms with Crippen molar-refractivity contribution in [3.63, 3.8) is 0 Å². The van der Waals surface area contributed by atoms with Crippen LogP contribution in [-0.4, -0.2) is 34.7 Å². The number of hydrogen-bond acceptors (Lipinski definition) is 5. The van der Waals surface area contributed by atoms with E-state index in [1.165, 1.54) is 11.2 Å². The first-order chi connectivity index (χ1) is 9.69. The van der Waals surface area contributed by atoms with Crippen molar-refractivity contribution in [2.24, 2.45) is 0 Å². The highest BCUT2D eigenvalue weighted by atomic mass is 16.2. The molecule has 7 nitrogen and oxygen atoms in total. The van der Waals surface area contributed by atoms with Gasteiger partial charge in [0, 0.05) is 24.0 Å². The van der Waals surface area contributed by atoms with Crippen molar-refractivity contribution in [1.82, 2.24) is 15.3 Å². The third-order valence-electron chi connectivity index (χ3n) is 3.13. The average molecular weight is 270 g/mol. The largest absolute Gasteiger partial charge is 0.328 e. The van der Waals surface area contributed by atoms with Crippen LogP contribution in [0.1, 0.15) is 16.9 Å². The van der Waals surface area contributed by atoms with Crippen molar-refractivity contribution >= 4 is 34.8 Å². The Labute approximate surface area is 113 Å². The first kappa shape index (κ1) is 12.2. The fourth-order valence-corrected chi connectivity index (χ4v) is 2.14. The Morgan fingerprint density at radius 2 is 2.10 bits per heavy atom. The number of benzene rings is 1. The van der Waals surface area contributed by atoms with Gasteiger partial charge in [-0.25, -0.2) is 14.8 Å². The lowest BCUT2D eigenvalue weighted by atomic mass is 10.1. The zero-order chi connectivity index (χ0) is 14.1. The summed E-state index contributed by atoms with van der Waals surface area (Å²) in [5, 5.41) is 2.88. The molecule has 1 aliphatic heterocycles. The molecule has 2 aromatic rings. The average Bonchev–Trinajstić information content (AvgIpc) is 2.46. The number of aldehydes is 1. The van der Waals surface area contributed by atoms with E-state index in [0.717, 1.165) is 0 Å². The minimum Gasteiger partial charge on any atom is -0.296 e. The number of nitrogens with one attached hydrogen (secondary N) is 1. The number of aromatic nitrogens is 2. The van der Waals surface area contributed by atoms with E-state index in [2.05, 4.69) is 15.3 Å². The van der Waals surface area contributed by atoms with E-state index in [0.29, 0.717) is 35.1 Å². The Kier molecular flexibility index (Phi) is 2.86. The first-order valence-corrected chi connectivity index (χ1v) is 6.00. The number of imide groups is 1. The third-order valence-corrected chi connectivity index (χ3v) is 3.13. The van der Waals surface area contributed by atoms with Crippen LogP contribution < -0.4 is 10.2 Å². The van der Waals surface area contributed by atoms with E-state index in [-0.39, 0.29) is 12.3 Å². The maximum Gasteiger partial charge on any atom is 0.328 e. The lowest BCUT2D eigenvalue weighted by Crippen LogP contribution is -2.49. The second-order valence-corrected chi connectivity index (χ2v) is 4.33. The van der Waals surface area contributed by atoms with E-state index in [1.807, 2.05) is 0 Å². The number of anilines is 1. The highest BCUT2D eigenvalue weighted by Crippen LogP contribution is 2.23. The second-order valence-electron chi connectivity index (χ2n) is 4.33.